The van der Waals surface area contributed by atoms with Crippen LogP contribution >= 0.6 is 0 Å². The van der Waals surface area contributed by atoms with Gasteiger partial charge in [-0.1, -0.05) is 0 Å². The summed E-state index contributed by atoms with van der Waals surface area (Å²) in [6.45, 7) is 0.818. The van der Waals surface area contributed by atoms with Gasteiger partial charge >= 0.3 is 0 Å². The molecule has 234 valence electrons. The van der Waals surface area contributed by atoms with E-state index in [4.69, 9.17) is 23.4 Å². The Morgan fingerprint density at radius 2 is 1.42 bits per heavy atom. The quantitative estimate of drug-likeness (QED) is 0.140. The molecule has 2 saturated heterocycles. The Balaban J connectivity index is 1.48. The van der Waals surface area contributed by atoms with Gasteiger partial charge in [0.1, 0.15) is 65.2 Å². The number of phenols is 4. The number of ether oxygens (including phenoxy) is 4. The molecular formula is C27H30O16. The molecular weight excluding hydrogens is 580 g/mol. The van der Waals surface area contributed by atoms with Gasteiger partial charge in [-0.05, 0) is 25.1 Å². The molecule has 0 bridgehead atoms. The topological polar surface area (TPSA) is 269 Å². The standard InChI is InChI=1S/C27H30O16/c1-8-17(32)20(35)22(37)26(40-8)39-7-15-18(33)21(36)23(38)27(42-15)43-25-19(34)16-13(31)5-10(28)6-14(16)41-24(25)9-2-3-11(29)12(30)4-9/h2-6,8,15,17-18,20-23,26-33,35-38H,7H2,1H3/t8-,15-,17+,18-,20-,21-,22-,23+,26-,27+/m1/s1. The fraction of sp³-hybridized carbons (Fsp3) is 0.444. The van der Waals surface area contributed by atoms with Crippen molar-refractivity contribution < 1.29 is 74.4 Å². The van der Waals surface area contributed by atoms with E-state index in [1.54, 1.807) is 0 Å². The molecule has 0 saturated carbocycles. The van der Waals surface area contributed by atoms with Crippen molar-refractivity contribution in [3.63, 3.8) is 0 Å². The second-order valence-corrected chi connectivity index (χ2v) is 10.3. The number of rotatable bonds is 6. The van der Waals surface area contributed by atoms with Crippen LogP contribution in [0, 0.1) is 0 Å². The molecule has 3 aromatic rings. The van der Waals surface area contributed by atoms with E-state index in [1.807, 2.05) is 0 Å². The Morgan fingerprint density at radius 3 is 2.12 bits per heavy atom. The molecule has 16 heteroatoms. The van der Waals surface area contributed by atoms with Gasteiger partial charge in [0.15, 0.2) is 23.5 Å². The van der Waals surface area contributed by atoms with Gasteiger partial charge in [0, 0.05) is 17.7 Å². The van der Waals surface area contributed by atoms with Gasteiger partial charge in [0.2, 0.25) is 17.5 Å². The summed E-state index contributed by atoms with van der Waals surface area (Å²) in [5, 5.41) is 101. The van der Waals surface area contributed by atoms with Gasteiger partial charge in [0.05, 0.1) is 12.7 Å². The summed E-state index contributed by atoms with van der Waals surface area (Å²) >= 11 is 0. The summed E-state index contributed by atoms with van der Waals surface area (Å²) in [5.41, 5.74) is -1.35. The lowest BCUT2D eigenvalue weighted by atomic mass is 9.98. The molecule has 43 heavy (non-hydrogen) atoms. The first-order chi connectivity index (χ1) is 20.3. The fourth-order valence-electron chi connectivity index (χ4n) is 4.84. The number of aromatic hydroxyl groups is 4. The van der Waals surface area contributed by atoms with Crippen LogP contribution in [0.2, 0.25) is 0 Å². The zero-order valence-electron chi connectivity index (χ0n) is 22.3. The molecule has 0 spiro atoms. The van der Waals surface area contributed by atoms with Crippen LogP contribution < -0.4 is 10.2 Å². The third kappa shape index (κ3) is 5.67. The Kier molecular flexibility index (Phi) is 8.41. The van der Waals surface area contributed by atoms with Crippen LogP contribution in [0.5, 0.6) is 28.7 Å². The molecule has 5 rings (SSSR count). The summed E-state index contributed by atoms with van der Waals surface area (Å²) in [6, 6.07) is 5.24. The number of fused-ring (bicyclic) bond motifs is 1. The molecule has 10 N–H and O–H groups in total. The van der Waals surface area contributed by atoms with Gasteiger partial charge in [-0.2, -0.15) is 0 Å². The average molecular weight is 611 g/mol. The van der Waals surface area contributed by atoms with Crippen LogP contribution in [-0.2, 0) is 14.2 Å². The van der Waals surface area contributed by atoms with Crippen molar-refractivity contribution in [2.24, 2.45) is 0 Å². The third-order valence-corrected chi connectivity index (χ3v) is 7.29. The minimum atomic E-state index is -1.97. The highest BCUT2D eigenvalue weighted by Crippen LogP contribution is 2.39. The van der Waals surface area contributed by atoms with Crippen molar-refractivity contribution in [2.45, 2.75) is 68.3 Å². The average Bonchev–Trinajstić information content (AvgIpc) is 2.96. The van der Waals surface area contributed by atoms with Gasteiger partial charge in [-0.15, -0.1) is 0 Å². The second kappa shape index (κ2) is 11.8. The third-order valence-electron chi connectivity index (χ3n) is 7.29. The maximum absolute atomic E-state index is 13.6. The van der Waals surface area contributed by atoms with E-state index in [0.29, 0.717) is 0 Å². The summed E-state index contributed by atoms with van der Waals surface area (Å²) in [4.78, 5) is 13.6. The lowest BCUT2D eigenvalue weighted by Gasteiger charge is -2.42. The summed E-state index contributed by atoms with van der Waals surface area (Å²) < 4.78 is 27.8. The Bertz CT molecular complexity index is 1540. The van der Waals surface area contributed by atoms with Gasteiger partial charge in [0.25, 0.3) is 0 Å². The molecule has 2 aromatic carbocycles. The van der Waals surface area contributed by atoms with E-state index in [2.05, 4.69) is 0 Å². The van der Waals surface area contributed by atoms with Crippen LogP contribution in [0.3, 0.4) is 0 Å². The van der Waals surface area contributed by atoms with E-state index < -0.39 is 113 Å². The maximum Gasteiger partial charge on any atom is 0.239 e. The molecule has 0 amide bonds. The van der Waals surface area contributed by atoms with Gasteiger partial charge < -0.3 is 74.4 Å². The SMILES string of the molecule is C[C@H]1O[C@@H](OC[C@H]2O[C@@H](Oc3c(-c4ccc(O)c(O)c4)oc4cc(O)cc(O)c4c3=O)[C@@H](O)[C@H](O)[C@@H]2O)[C@H](O)[C@H](O)[C@H]1O. The molecule has 0 radical (unpaired) electrons. The predicted octanol–water partition coefficient (Wildman–Crippen LogP) is -1.69. The number of hydrogen-bond donors (Lipinski definition) is 10. The number of benzene rings is 2. The minimum Gasteiger partial charge on any atom is -0.508 e. The lowest BCUT2D eigenvalue weighted by Crippen LogP contribution is -2.61. The predicted molar refractivity (Wildman–Crippen MR) is 140 cm³/mol. The van der Waals surface area contributed by atoms with Crippen LogP contribution in [-0.4, -0.2) is 119 Å². The maximum atomic E-state index is 13.6. The van der Waals surface area contributed by atoms with Crippen molar-refractivity contribution in [1.29, 1.82) is 0 Å². The van der Waals surface area contributed by atoms with Crippen molar-refractivity contribution in [3.8, 4) is 40.1 Å². The van der Waals surface area contributed by atoms with Crippen LogP contribution in [0.15, 0.2) is 39.5 Å². The summed E-state index contributed by atoms with van der Waals surface area (Å²) in [6.07, 6.45) is -16.2. The highest BCUT2D eigenvalue weighted by molar-refractivity contribution is 5.88. The first-order valence-corrected chi connectivity index (χ1v) is 13.0. The van der Waals surface area contributed by atoms with E-state index in [9.17, 15) is 55.9 Å². The molecule has 2 aliphatic rings. The van der Waals surface area contributed by atoms with Crippen molar-refractivity contribution in [3.05, 3.63) is 40.6 Å². The molecule has 3 heterocycles. The zero-order valence-corrected chi connectivity index (χ0v) is 22.3. The first-order valence-electron chi connectivity index (χ1n) is 13.0. The summed E-state index contributed by atoms with van der Waals surface area (Å²) in [5.74, 6) is -3.33. The van der Waals surface area contributed by atoms with Crippen LogP contribution in [0.1, 0.15) is 6.92 Å². The van der Waals surface area contributed by atoms with E-state index in [0.717, 1.165) is 24.3 Å². The molecule has 2 fully saturated rings. The largest absolute Gasteiger partial charge is 0.508 e. The first kappa shape index (κ1) is 30.7. The minimum absolute atomic E-state index is 0.0313. The Hall–Kier alpha value is -3.71. The zero-order chi connectivity index (χ0) is 31.3. The van der Waals surface area contributed by atoms with E-state index in [-0.39, 0.29) is 11.1 Å². The fourth-order valence-corrected chi connectivity index (χ4v) is 4.84. The monoisotopic (exact) mass is 610 g/mol. The molecule has 0 unspecified atom stereocenters. The molecule has 16 nitrogen and oxygen atoms in total. The normalized spacial score (nSPS) is 33.0. The summed E-state index contributed by atoms with van der Waals surface area (Å²) in [7, 11) is 0. The molecule has 0 aliphatic carbocycles. The van der Waals surface area contributed by atoms with Crippen molar-refractivity contribution in [2.75, 3.05) is 6.61 Å². The smallest absolute Gasteiger partial charge is 0.239 e. The van der Waals surface area contributed by atoms with Crippen LogP contribution in [0.25, 0.3) is 22.3 Å². The number of phenolic OH excluding ortho intramolecular Hbond substituents is 4. The van der Waals surface area contributed by atoms with E-state index >= 15 is 0 Å². The molecule has 10 atom stereocenters. The number of aliphatic hydroxyl groups excluding tert-OH is 6. The van der Waals surface area contributed by atoms with Crippen molar-refractivity contribution in [1.82, 2.24) is 0 Å². The Morgan fingerprint density at radius 1 is 0.744 bits per heavy atom. The molecule has 1 aromatic heterocycles. The lowest BCUT2D eigenvalue weighted by molar-refractivity contribution is -0.318. The van der Waals surface area contributed by atoms with Gasteiger partial charge in [-0.3, -0.25) is 4.79 Å². The van der Waals surface area contributed by atoms with Crippen molar-refractivity contribution >= 4 is 11.0 Å². The second-order valence-electron chi connectivity index (χ2n) is 10.3. The Labute approximate surface area is 241 Å². The highest BCUT2D eigenvalue weighted by atomic mass is 16.7. The number of aliphatic hydroxyl groups is 6. The number of hydrogen-bond acceptors (Lipinski definition) is 16. The molecule has 2 aliphatic heterocycles. The van der Waals surface area contributed by atoms with E-state index in [1.165, 1.54) is 13.0 Å². The van der Waals surface area contributed by atoms with Gasteiger partial charge in [-0.25, -0.2) is 0 Å². The highest BCUT2D eigenvalue weighted by Gasteiger charge is 2.47. The van der Waals surface area contributed by atoms with Crippen LogP contribution in [0.4, 0.5) is 0 Å².